The van der Waals surface area contributed by atoms with Crippen molar-refractivity contribution in [2.75, 3.05) is 24.2 Å². The van der Waals surface area contributed by atoms with Crippen molar-refractivity contribution >= 4 is 34.5 Å². The number of carbonyl (C=O) groups excluding carboxylic acids is 2. The SMILES string of the molecule is CN1CCc2cc(Oc3ccc(OC(F)F)c(-c4nn(C)cc4NC(=O)c4cnn5cccnc45)c3)ccc2C1.Cn1cc(NC(=O)c2cnn3cccnc23)c(-c2cc(Oc3ccc4c(c3)CCCC4)ccc2OC(F)F)n1. The van der Waals surface area contributed by atoms with Gasteiger partial charge in [0.25, 0.3) is 11.8 Å². The van der Waals surface area contributed by atoms with Crippen LogP contribution in [-0.4, -0.2) is 92.3 Å². The lowest BCUT2D eigenvalue weighted by atomic mass is 9.92. The number of rotatable bonds is 14. The fourth-order valence-corrected chi connectivity index (χ4v) is 9.60. The molecule has 1 aliphatic carbocycles. The van der Waals surface area contributed by atoms with Gasteiger partial charge in [0, 0.05) is 64.4 Å². The van der Waals surface area contributed by atoms with Crippen molar-refractivity contribution in [3.05, 3.63) is 168 Å². The van der Waals surface area contributed by atoms with Crippen LogP contribution in [0.15, 0.2) is 135 Å². The number of likely N-dealkylation sites (N-methyl/N-ethyl adjacent to an activating group) is 1. The van der Waals surface area contributed by atoms with Crippen LogP contribution in [0.3, 0.4) is 0 Å². The third kappa shape index (κ3) is 11.4. The van der Waals surface area contributed by atoms with Gasteiger partial charge in [0.1, 0.15) is 57.0 Å². The Balaban J connectivity index is 0.000000167. The van der Waals surface area contributed by atoms with Crippen LogP contribution in [0.25, 0.3) is 33.8 Å². The fourth-order valence-electron chi connectivity index (χ4n) is 9.60. The van der Waals surface area contributed by atoms with Crippen LogP contribution in [0.4, 0.5) is 28.9 Å². The van der Waals surface area contributed by atoms with E-state index in [-0.39, 0.29) is 50.8 Å². The molecule has 2 amide bonds. The van der Waals surface area contributed by atoms with Gasteiger partial charge in [0.15, 0.2) is 11.3 Å². The lowest BCUT2D eigenvalue weighted by Gasteiger charge is -2.25. The normalized spacial score (nSPS) is 13.2. The Morgan fingerprint density at radius 3 is 1.53 bits per heavy atom. The Morgan fingerprint density at radius 2 is 1.03 bits per heavy atom. The molecular formula is C56H49F4N13O6. The Bertz CT molecular complexity index is 3890. The van der Waals surface area contributed by atoms with Crippen molar-refractivity contribution in [1.29, 1.82) is 0 Å². The van der Waals surface area contributed by atoms with Gasteiger partial charge >= 0.3 is 13.2 Å². The highest BCUT2D eigenvalue weighted by molar-refractivity contribution is 6.10. The number of nitrogens with one attached hydrogen (secondary N) is 2. The van der Waals surface area contributed by atoms with Crippen molar-refractivity contribution in [3.8, 4) is 57.0 Å². The number of ether oxygens (including phenoxy) is 4. The number of nitrogens with zero attached hydrogens (tertiary/aromatic N) is 11. The van der Waals surface area contributed by atoms with E-state index in [0.29, 0.717) is 40.0 Å². The molecule has 23 heteroatoms. The Kier molecular flexibility index (Phi) is 14.4. The monoisotopic (exact) mass is 1080 g/mol. The number of benzene rings is 4. The summed E-state index contributed by atoms with van der Waals surface area (Å²) in [5.41, 5.74) is 7.81. The third-order valence-corrected chi connectivity index (χ3v) is 13.2. The molecule has 0 radical (unpaired) electrons. The minimum absolute atomic E-state index is 0.102. The second-order valence-electron chi connectivity index (χ2n) is 18.8. The molecule has 1 aliphatic heterocycles. The molecule has 2 aliphatic rings. The molecule has 19 nitrogen and oxygen atoms in total. The van der Waals surface area contributed by atoms with Crippen LogP contribution in [0, 0.1) is 0 Å². The van der Waals surface area contributed by atoms with Crippen LogP contribution in [0.1, 0.15) is 55.8 Å². The minimum Gasteiger partial charge on any atom is -0.457 e. The summed E-state index contributed by atoms with van der Waals surface area (Å²) in [5, 5.41) is 22.8. The molecule has 10 aromatic rings. The molecule has 0 unspecified atom stereocenters. The summed E-state index contributed by atoms with van der Waals surface area (Å²) in [7, 11) is 5.41. The predicted molar refractivity (Wildman–Crippen MR) is 282 cm³/mol. The maximum atomic E-state index is 13.3. The zero-order chi connectivity index (χ0) is 54.7. The fraction of sp³-hybridized carbons (Fsp3) is 0.214. The topological polar surface area (TPSA) is 194 Å². The second kappa shape index (κ2) is 22.1. The van der Waals surface area contributed by atoms with E-state index in [0.717, 1.165) is 38.8 Å². The van der Waals surface area contributed by atoms with Gasteiger partial charge in [-0.2, -0.15) is 38.0 Å². The van der Waals surface area contributed by atoms with Crippen LogP contribution in [-0.2, 0) is 39.9 Å². The number of carbonyl (C=O) groups is 2. The Morgan fingerprint density at radius 1 is 0.570 bits per heavy atom. The number of hydrogen-bond donors (Lipinski definition) is 2. The maximum absolute atomic E-state index is 13.3. The summed E-state index contributed by atoms with van der Waals surface area (Å²) >= 11 is 0. The number of anilines is 2. The lowest BCUT2D eigenvalue weighted by Crippen LogP contribution is -2.26. The number of aryl methyl sites for hydroxylation is 4. The van der Waals surface area contributed by atoms with Gasteiger partial charge in [-0.05, 0) is 134 Å². The zero-order valence-corrected chi connectivity index (χ0v) is 42.7. The summed E-state index contributed by atoms with van der Waals surface area (Å²) in [6.07, 6.45) is 17.7. The summed E-state index contributed by atoms with van der Waals surface area (Å²) in [4.78, 5) is 37.0. The molecule has 7 heterocycles. The molecule has 79 heavy (non-hydrogen) atoms. The highest BCUT2D eigenvalue weighted by Gasteiger charge is 2.25. The number of amides is 2. The number of fused-ring (bicyclic) bond motifs is 4. The van der Waals surface area contributed by atoms with E-state index in [1.54, 1.807) is 87.7 Å². The molecule has 402 valence electrons. The van der Waals surface area contributed by atoms with E-state index in [1.807, 2.05) is 30.3 Å². The molecule has 0 saturated heterocycles. The van der Waals surface area contributed by atoms with Crippen molar-refractivity contribution in [3.63, 3.8) is 0 Å². The molecule has 4 aromatic carbocycles. The van der Waals surface area contributed by atoms with E-state index < -0.39 is 25.0 Å². The molecule has 0 saturated carbocycles. The second-order valence-corrected chi connectivity index (χ2v) is 18.8. The van der Waals surface area contributed by atoms with E-state index in [1.165, 1.54) is 71.6 Å². The molecule has 0 atom stereocenters. The van der Waals surface area contributed by atoms with Gasteiger partial charge in [0.2, 0.25) is 0 Å². The highest BCUT2D eigenvalue weighted by Crippen LogP contribution is 2.41. The minimum atomic E-state index is -3.06. The molecular weight excluding hydrogens is 1030 g/mol. The summed E-state index contributed by atoms with van der Waals surface area (Å²) in [6.45, 7) is -4.28. The van der Waals surface area contributed by atoms with Crippen LogP contribution in [0.5, 0.6) is 34.5 Å². The molecule has 12 rings (SSSR count). The van der Waals surface area contributed by atoms with Gasteiger partial charge in [-0.1, -0.05) is 12.1 Å². The van der Waals surface area contributed by atoms with Crippen molar-refractivity contribution < 1.29 is 46.1 Å². The third-order valence-electron chi connectivity index (χ3n) is 13.2. The number of aromatic nitrogens is 10. The van der Waals surface area contributed by atoms with Gasteiger partial charge in [0.05, 0.1) is 34.9 Å². The van der Waals surface area contributed by atoms with Gasteiger partial charge in [-0.3, -0.25) is 19.0 Å². The van der Waals surface area contributed by atoms with Gasteiger partial charge in [-0.25, -0.2) is 19.0 Å². The standard InChI is InChI=1S/C28H25F2N7O3.C28H24F2N6O3/c1-35-11-8-17-12-19(5-4-18(17)15-35)39-20-6-7-24(40-28(29)30)21(13-20)25-23(16-36(2)34-25)33-27(38)22-14-32-37-10-3-9-31-26(22)37;1-35-16-23(33-27(37)22-15-32-36-12-4-11-31-26(22)36)25(34-35)21-14-20(9-10-24(21)39-28(29)30)38-19-8-7-17-5-2-3-6-18(17)13-19/h3-7,9-10,12-14,16,28H,8,11,15H2,1-2H3,(H,33,38);4,7-16,28H,2-3,5-6H2,1H3,(H,33,37). The summed E-state index contributed by atoms with van der Waals surface area (Å²) < 4.78 is 81.1. The Labute approximate surface area is 447 Å². The van der Waals surface area contributed by atoms with E-state index in [9.17, 15) is 27.2 Å². The quantitative estimate of drug-likeness (QED) is 0.0978. The van der Waals surface area contributed by atoms with Crippen LogP contribution in [0.2, 0.25) is 0 Å². The highest BCUT2D eigenvalue weighted by atomic mass is 19.3. The van der Waals surface area contributed by atoms with E-state index >= 15 is 0 Å². The van der Waals surface area contributed by atoms with Crippen molar-refractivity contribution in [2.24, 2.45) is 14.1 Å². The Hall–Kier alpha value is -9.64. The first kappa shape index (κ1) is 51.5. The van der Waals surface area contributed by atoms with Gasteiger partial charge < -0.3 is 34.5 Å². The maximum Gasteiger partial charge on any atom is 0.387 e. The summed E-state index contributed by atoms with van der Waals surface area (Å²) in [6, 6.07) is 24.4. The first-order valence-corrected chi connectivity index (χ1v) is 25.0. The first-order valence-electron chi connectivity index (χ1n) is 25.0. The van der Waals surface area contributed by atoms with E-state index in [2.05, 4.69) is 59.0 Å². The predicted octanol–water partition coefficient (Wildman–Crippen LogP) is 10.4. The summed E-state index contributed by atoms with van der Waals surface area (Å²) in [5.74, 6) is 0.932. The first-order chi connectivity index (χ1) is 38.3. The van der Waals surface area contributed by atoms with Gasteiger partial charge in [-0.15, -0.1) is 0 Å². The largest absolute Gasteiger partial charge is 0.457 e. The van der Waals surface area contributed by atoms with E-state index in [4.69, 9.17) is 18.9 Å². The van der Waals surface area contributed by atoms with Crippen molar-refractivity contribution in [2.45, 2.75) is 51.9 Å². The van der Waals surface area contributed by atoms with Crippen LogP contribution < -0.4 is 29.6 Å². The molecule has 0 spiro atoms. The molecule has 0 bridgehead atoms. The molecule has 2 N–H and O–H groups in total. The average molecular weight is 1080 g/mol. The lowest BCUT2D eigenvalue weighted by molar-refractivity contribution is -0.0501. The number of hydrogen-bond acceptors (Lipinski definition) is 13. The zero-order valence-electron chi connectivity index (χ0n) is 42.7. The average Bonchev–Trinajstić information content (AvgIpc) is 4.36. The van der Waals surface area contributed by atoms with Crippen LogP contribution >= 0.6 is 0 Å². The number of alkyl halides is 4. The number of halogens is 4. The molecule has 0 fully saturated rings. The van der Waals surface area contributed by atoms with Crippen molar-refractivity contribution in [1.82, 2.24) is 53.7 Å². The smallest absolute Gasteiger partial charge is 0.387 e. The molecule has 6 aromatic heterocycles.